The van der Waals surface area contributed by atoms with Crippen LogP contribution in [0.25, 0.3) is 10.1 Å². The number of carbonyl (C=O) groups is 1. The molecule has 2 rings (SSSR count). The van der Waals surface area contributed by atoms with E-state index in [1.54, 1.807) is 11.3 Å². The van der Waals surface area contributed by atoms with Crippen LogP contribution in [-0.4, -0.2) is 12.5 Å². The van der Waals surface area contributed by atoms with Gasteiger partial charge in [-0.05, 0) is 46.9 Å². The number of hydrogen-bond acceptors (Lipinski definition) is 3. The highest BCUT2D eigenvalue weighted by Gasteiger charge is 2.23. The Labute approximate surface area is 124 Å². The lowest BCUT2D eigenvalue weighted by atomic mass is 9.84. The Balaban J connectivity index is 2.09. The fourth-order valence-electron chi connectivity index (χ4n) is 2.31. The molecular weight excluding hydrogens is 268 g/mol. The van der Waals surface area contributed by atoms with Crippen molar-refractivity contribution >= 4 is 33.0 Å². The van der Waals surface area contributed by atoms with Gasteiger partial charge in [0.05, 0.1) is 5.92 Å². The van der Waals surface area contributed by atoms with E-state index in [1.807, 2.05) is 18.2 Å². The van der Waals surface area contributed by atoms with E-state index in [9.17, 15) is 4.79 Å². The molecule has 1 atom stereocenters. The summed E-state index contributed by atoms with van der Waals surface area (Å²) in [6.07, 6.45) is 0.788. The summed E-state index contributed by atoms with van der Waals surface area (Å²) in [6, 6.07) is 8.05. The van der Waals surface area contributed by atoms with Crippen molar-refractivity contribution < 1.29 is 4.79 Å². The number of nitrogens with one attached hydrogen (secondary N) is 1. The summed E-state index contributed by atoms with van der Waals surface area (Å²) in [5, 5.41) is 6.20. The van der Waals surface area contributed by atoms with Gasteiger partial charge in [0.25, 0.3) is 0 Å². The molecule has 2 aromatic rings. The molecular formula is C16H22N2OS. The minimum absolute atomic E-state index is 0.0111. The fourth-order valence-corrected chi connectivity index (χ4v) is 3.08. The summed E-state index contributed by atoms with van der Waals surface area (Å²) >= 11 is 1.70. The number of nitrogens with two attached hydrogens (primary N) is 1. The molecule has 0 aliphatic rings. The Morgan fingerprint density at radius 2 is 2.10 bits per heavy atom. The van der Waals surface area contributed by atoms with E-state index in [1.165, 1.54) is 4.70 Å². The SMILES string of the molecule is CC(C)(C)CC(CN)C(=O)Nc1ccc2sccc2c1. The van der Waals surface area contributed by atoms with Gasteiger partial charge in [-0.2, -0.15) is 0 Å². The molecule has 20 heavy (non-hydrogen) atoms. The Bertz CT molecular complexity index is 598. The number of carbonyl (C=O) groups excluding carboxylic acids is 1. The largest absolute Gasteiger partial charge is 0.330 e. The molecule has 1 unspecified atom stereocenters. The van der Waals surface area contributed by atoms with E-state index >= 15 is 0 Å². The molecule has 0 aliphatic heterocycles. The van der Waals surface area contributed by atoms with Gasteiger partial charge in [-0.3, -0.25) is 4.79 Å². The zero-order valence-electron chi connectivity index (χ0n) is 12.3. The van der Waals surface area contributed by atoms with E-state index in [0.29, 0.717) is 6.54 Å². The molecule has 0 saturated heterocycles. The van der Waals surface area contributed by atoms with E-state index in [2.05, 4.69) is 37.5 Å². The van der Waals surface area contributed by atoms with Crippen LogP contribution in [-0.2, 0) is 4.79 Å². The first-order valence-corrected chi connectivity index (χ1v) is 7.75. The number of fused-ring (bicyclic) bond motifs is 1. The van der Waals surface area contributed by atoms with E-state index in [-0.39, 0.29) is 17.2 Å². The number of amides is 1. The molecule has 0 fully saturated rings. The molecule has 1 aromatic carbocycles. The van der Waals surface area contributed by atoms with Gasteiger partial charge in [-0.15, -0.1) is 11.3 Å². The third kappa shape index (κ3) is 3.81. The average Bonchev–Trinajstić information content (AvgIpc) is 2.82. The predicted molar refractivity (Wildman–Crippen MR) is 87.1 cm³/mol. The van der Waals surface area contributed by atoms with Gasteiger partial charge in [-0.25, -0.2) is 0 Å². The van der Waals surface area contributed by atoms with Gasteiger partial charge in [0.2, 0.25) is 5.91 Å². The van der Waals surface area contributed by atoms with Gasteiger partial charge in [0.1, 0.15) is 0 Å². The second-order valence-corrected chi connectivity index (χ2v) is 7.31. The highest BCUT2D eigenvalue weighted by Crippen LogP contribution is 2.27. The number of benzene rings is 1. The van der Waals surface area contributed by atoms with Gasteiger partial charge in [-0.1, -0.05) is 20.8 Å². The maximum atomic E-state index is 12.3. The second kappa shape index (κ2) is 5.94. The van der Waals surface area contributed by atoms with Gasteiger partial charge >= 0.3 is 0 Å². The zero-order chi connectivity index (χ0) is 14.8. The third-order valence-electron chi connectivity index (χ3n) is 3.23. The lowest BCUT2D eigenvalue weighted by Crippen LogP contribution is -2.32. The number of rotatable bonds is 4. The van der Waals surface area contributed by atoms with Gasteiger partial charge in [0, 0.05) is 16.9 Å². The minimum Gasteiger partial charge on any atom is -0.330 e. The molecule has 0 aliphatic carbocycles. The molecule has 1 heterocycles. The number of thiophene rings is 1. The molecule has 0 spiro atoms. The van der Waals surface area contributed by atoms with Crippen LogP contribution >= 0.6 is 11.3 Å². The first kappa shape index (κ1) is 15.0. The monoisotopic (exact) mass is 290 g/mol. The van der Waals surface area contributed by atoms with Crippen LogP contribution in [0.15, 0.2) is 29.6 Å². The molecule has 3 N–H and O–H groups in total. The Morgan fingerprint density at radius 3 is 2.75 bits per heavy atom. The zero-order valence-corrected chi connectivity index (χ0v) is 13.1. The minimum atomic E-state index is -0.145. The fraction of sp³-hybridized carbons (Fsp3) is 0.438. The Kier molecular flexibility index (Phi) is 4.45. The summed E-state index contributed by atoms with van der Waals surface area (Å²) < 4.78 is 1.23. The summed E-state index contributed by atoms with van der Waals surface area (Å²) in [5.74, 6) is -0.134. The molecule has 4 heteroatoms. The van der Waals surface area contributed by atoms with Crippen LogP contribution < -0.4 is 11.1 Å². The van der Waals surface area contributed by atoms with Crippen molar-refractivity contribution in [2.45, 2.75) is 27.2 Å². The van der Waals surface area contributed by atoms with Crippen molar-refractivity contribution in [3.63, 3.8) is 0 Å². The lowest BCUT2D eigenvalue weighted by molar-refractivity contribution is -0.120. The van der Waals surface area contributed by atoms with Gasteiger partial charge in [0.15, 0.2) is 0 Å². The molecule has 0 radical (unpaired) electrons. The quantitative estimate of drug-likeness (QED) is 0.898. The van der Waals surface area contributed by atoms with Crippen molar-refractivity contribution in [3.05, 3.63) is 29.6 Å². The van der Waals surface area contributed by atoms with Gasteiger partial charge < -0.3 is 11.1 Å². The number of hydrogen-bond donors (Lipinski definition) is 2. The van der Waals surface area contributed by atoms with Crippen LogP contribution in [0.4, 0.5) is 5.69 Å². The van der Waals surface area contributed by atoms with E-state index in [4.69, 9.17) is 5.73 Å². The second-order valence-electron chi connectivity index (χ2n) is 6.36. The summed E-state index contributed by atoms with van der Waals surface area (Å²) in [5.41, 5.74) is 6.69. The van der Waals surface area contributed by atoms with Crippen LogP contribution in [0, 0.1) is 11.3 Å². The molecule has 3 nitrogen and oxygen atoms in total. The standard InChI is InChI=1S/C16H22N2OS/c1-16(2,3)9-12(10-17)15(19)18-13-4-5-14-11(8-13)6-7-20-14/h4-8,12H,9-10,17H2,1-3H3,(H,18,19). The third-order valence-corrected chi connectivity index (χ3v) is 4.13. The molecule has 0 bridgehead atoms. The van der Waals surface area contributed by atoms with Crippen LogP contribution in [0.3, 0.4) is 0 Å². The molecule has 0 saturated carbocycles. The van der Waals surface area contributed by atoms with Crippen molar-refractivity contribution in [2.24, 2.45) is 17.1 Å². The summed E-state index contributed by atoms with van der Waals surface area (Å²) in [7, 11) is 0. The normalized spacial score (nSPS) is 13.4. The van der Waals surface area contributed by atoms with Crippen molar-refractivity contribution in [1.82, 2.24) is 0 Å². The smallest absolute Gasteiger partial charge is 0.228 e. The van der Waals surface area contributed by atoms with E-state index < -0.39 is 0 Å². The Morgan fingerprint density at radius 1 is 1.35 bits per heavy atom. The highest BCUT2D eigenvalue weighted by atomic mass is 32.1. The molecule has 1 amide bonds. The first-order chi connectivity index (χ1) is 9.39. The summed E-state index contributed by atoms with van der Waals surface area (Å²) in [4.78, 5) is 12.3. The van der Waals surface area contributed by atoms with Crippen molar-refractivity contribution in [2.75, 3.05) is 11.9 Å². The maximum absolute atomic E-state index is 12.3. The average molecular weight is 290 g/mol. The van der Waals surface area contributed by atoms with Crippen molar-refractivity contribution in [1.29, 1.82) is 0 Å². The van der Waals surface area contributed by atoms with Crippen LogP contribution in [0.2, 0.25) is 0 Å². The summed E-state index contributed by atoms with van der Waals surface area (Å²) in [6.45, 7) is 6.75. The maximum Gasteiger partial charge on any atom is 0.228 e. The van der Waals surface area contributed by atoms with Crippen LogP contribution in [0.1, 0.15) is 27.2 Å². The van der Waals surface area contributed by atoms with E-state index in [0.717, 1.165) is 17.5 Å². The lowest BCUT2D eigenvalue weighted by Gasteiger charge is -2.24. The van der Waals surface area contributed by atoms with Crippen LogP contribution in [0.5, 0.6) is 0 Å². The highest BCUT2D eigenvalue weighted by molar-refractivity contribution is 7.17. The topological polar surface area (TPSA) is 55.1 Å². The Hall–Kier alpha value is -1.39. The molecule has 108 valence electrons. The first-order valence-electron chi connectivity index (χ1n) is 6.87. The predicted octanol–water partition coefficient (Wildman–Crippen LogP) is 3.85. The van der Waals surface area contributed by atoms with Crippen molar-refractivity contribution in [3.8, 4) is 0 Å². The number of anilines is 1. The molecule has 1 aromatic heterocycles.